The average Bonchev–Trinajstić information content (AvgIpc) is 3.11. The molecule has 0 saturated heterocycles. The fraction of sp³-hybridized carbons (Fsp3) is 0.188. The van der Waals surface area contributed by atoms with Crippen molar-refractivity contribution in [3.05, 3.63) is 46.1 Å². The van der Waals surface area contributed by atoms with Crippen LogP contribution in [-0.2, 0) is 0 Å². The van der Waals surface area contributed by atoms with Crippen molar-refractivity contribution in [2.45, 2.75) is 6.92 Å². The van der Waals surface area contributed by atoms with Crippen LogP contribution in [0.15, 0.2) is 24.5 Å². The molecule has 0 atom stereocenters. The van der Waals surface area contributed by atoms with E-state index in [0.29, 0.717) is 32.5 Å². The minimum absolute atomic E-state index is 0.116. The largest absolute Gasteiger partial charge is 0.618 e. The van der Waals surface area contributed by atoms with E-state index in [1.165, 1.54) is 26.6 Å². The standard InChI is InChI=1S/C16H14ClN5O4S/c1-8-4-9(10-5-13(17)18-6-12(10)25-2)11(7-22(8)24)14(23)19-15-20-21-16(26-3)27-15/h4-7H,1-3H3,(H,19,20,23). The summed E-state index contributed by atoms with van der Waals surface area (Å²) in [5.74, 6) is -0.127. The van der Waals surface area contributed by atoms with Gasteiger partial charge in [-0.2, -0.15) is 4.73 Å². The minimum atomic E-state index is -0.539. The molecule has 0 aromatic carbocycles. The van der Waals surface area contributed by atoms with E-state index in [9.17, 15) is 10.0 Å². The lowest BCUT2D eigenvalue weighted by Crippen LogP contribution is -2.32. The van der Waals surface area contributed by atoms with Gasteiger partial charge in [-0.3, -0.25) is 10.1 Å². The Balaban J connectivity index is 2.08. The van der Waals surface area contributed by atoms with E-state index in [1.54, 1.807) is 19.1 Å². The zero-order valence-corrected chi connectivity index (χ0v) is 16.1. The number of pyridine rings is 2. The summed E-state index contributed by atoms with van der Waals surface area (Å²) in [6.45, 7) is 1.63. The van der Waals surface area contributed by atoms with Crippen LogP contribution in [-0.4, -0.2) is 35.3 Å². The normalized spacial score (nSPS) is 10.5. The van der Waals surface area contributed by atoms with E-state index in [0.717, 1.165) is 11.3 Å². The van der Waals surface area contributed by atoms with Crippen LogP contribution in [0.2, 0.25) is 5.15 Å². The van der Waals surface area contributed by atoms with E-state index >= 15 is 0 Å². The molecular formula is C16H14ClN5O4S. The molecule has 0 radical (unpaired) electrons. The summed E-state index contributed by atoms with van der Waals surface area (Å²) >= 11 is 7.07. The van der Waals surface area contributed by atoms with Crippen molar-refractivity contribution >= 4 is 34.0 Å². The maximum atomic E-state index is 12.8. The lowest BCUT2D eigenvalue weighted by Gasteiger charge is -2.13. The monoisotopic (exact) mass is 407 g/mol. The summed E-state index contributed by atoms with van der Waals surface area (Å²) in [6.07, 6.45) is 2.63. The van der Waals surface area contributed by atoms with Crippen LogP contribution in [0.4, 0.5) is 5.13 Å². The van der Waals surface area contributed by atoms with E-state index in [4.69, 9.17) is 21.1 Å². The van der Waals surface area contributed by atoms with Gasteiger partial charge in [-0.1, -0.05) is 16.7 Å². The van der Waals surface area contributed by atoms with Gasteiger partial charge in [0.05, 0.1) is 20.4 Å². The third kappa shape index (κ3) is 3.91. The quantitative estimate of drug-likeness (QED) is 0.392. The number of nitrogens with zero attached hydrogens (tertiary/aromatic N) is 4. The number of halogens is 1. The van der Waals surface area contributed by atoms with Crippen LogP contribution in [0, 0.1) is 12.1 Å². The summed E-state index contributed by atoms with van der Waals surface area (Å²) in [5.41, 5.74) is 1.51. The predicted octanol–water partition coefficient (Wildman–Crippen LogP) is 2.46. The molecule has 11 heteroatoms. The maximum absolute atomic E-state index is 12.8. The molecule has 1 N–H and O–H groups in total. The molecule has 27 heavy (non-hydrogen) atoms. The van der Waals surface area contributed by atoms with E-state index in [2.05, 4.69) is 20.5 Å². The highest BCUT2D eigenvalue weighted by Gasteiger charge is 2.22. The van der Waals surface area contributed by atoms with Crippen molar-refractivity contribution in [1.82, 2.24) is 15.2 Å². The molecule has 0 saturated carbocycles. The van der Waals surface area contributed by atoms with Crippen molar-refractivity contribution in [3.63, 3.8) is 0 Å². The smallest absolute Gasteiger partial charge is 0.295 e. The number of methoxy groups -OCH3 is 2. The Morgan fingerprint density at radius 1 is 1.26 bits per heavy atom. The number of ether oxygens (including phenoxy) is 2. The van der Waals surface area contributed by atoms with Crippen molar-refractivity contribution in [2.24, 2.45) is 0 Å². The first-order valence-corrected chi connectivity index (χ1v) is 8.75. The van der Waals surface area contributed by atoms with Crippen molar-refractivity contribution in [1.29, 1.82) is 0 Å². The highest BCUT2D eigenvalue weighted by molar-refractivity contribution is 7.17. The Morgan fingerprint density at radius 2 is 2.04 bits per heavy atom. The molecule has 3 rings (SSSR count). The number of aryl methyl sites for hydroxylation is 1. The Kier molecular flexibility index (Phi) is 5.38. The van der Waals surface area contributed by atoms with Gasteiger partial charge in [0.25, 0.3) is 11.1 Å². The van der Waals surface area contributed by atoms with Gasteiger partial charge in [0.15, 0.2) is 11.9 Å². The van der Waals surface area contributed by atoms with Crippen LogP contribution >= 0.6 is 22.9 Å². The van der Waals surface area contributed by atoms with Gasteiger partial charge >= 0.3 is 0 Å². The summed E-state index contributed by atoms with van der Waals surface area (Å²) in [4.78, 5) is 16.8. The van der Waals surface area contributed by atoms with Crippen molar-refractivity contribution in [2.75, 3.05) is 19.5 Å². The van der Waals surface area contributed by atoms with Gasteiger partial charge < -0.3 is 14.7 Å². The first-order valence-electron chi connectivity index (χ1n) is 7.55. The Bertz CT molecular complexity index is 1010. The highest BCUT2D eigenvalue weighted by Crippen LogP contribution is 2.34. The Morgan fingerprint density at radius 3 is 2.70 bits per heavy atom. The SMILES string of the molecule is COc1nnc(NC(=O)c2c[n+]([O-])c(C)cc2-c2cc(Cl)ncc2OC)s1. The average molecular weight is 408 g/mol. The van der Waals surface area contributed by atoms with Gasteiger partial charge in [-0.15, -0.1) is 5.10 Å². The molecule has 0 bridgehead atoms. The van der Waals surface area contributed by atoms with E-state index in [1.807, 2.05) is 0 Å². The lowest BCUT2D eigenvalue weighted by atomic mass is 10.0. The van der Waals surface area contributed by atoms with Crippen molar-refractivity contribution < 1.29 is 19.0 Å². The fourth-order valence-corrected chi connectivity index (χ4v) is 3.05. The number of anilines is 1. The fourth-order valence-electron chi connectivity index (χ4n) is 2.34. The number of carbonyl (C=O) groups excluding carboxylic acids is 1. The molecule has 0 unspecified atom stereocenters. The van der Waals surface area contributed by atoms with Crippen LogP contribution in [0.25, 0.3) is 11.1 Å². The number of hydrogen-bond acceptors (Lipinski definition) is 8. The molecule has 3 heterocycles. The maximum Gasteiger partial charge on any atom is 0.295 e. The second-order valence-electron chi connectivity index (χ2n) is 5.31. The summed E-state index contributed by atoms with van der Waals surface area (Å²) in [6, 6.07) is 3.14. The molecule has 3 aromatic heterocycles. The van der Waals surface area contributed by atoms with Gasteiger partial charge in [0, 0.05) is 24.1 Å². The topological polar surface area (TPSA) is 113 Å². The van der Waals surface area contributed by atoms with Gasteiger partial charge in [-0.25, -0.2) is 4.98 Å². The zero-order chi connectivity index (χ0) is 19.6. The summed E-state index contributed by atoms with van der Waals surface area (Å²) in [7, 11) is 2.93. The molecular weight excluding hydrogens is 394 g/mol. The van der Waals surface area contributed by atoms with Crippen LogP contribution in [0.1, 0.15) is 16.1 Å². The van der Waals surface area contributed by atoms with Crippen molar-refractivity contribution in [3.8, 4) is 22.1 Å². The van der Waals surface area contributed by atoms with Crippen LogP contribution in [0.5, 0.6) is 10.9 Å². The first kappa shape index (κ1) is 18.8. The second-order valence-corrected chi connectivity index (χ2v) is 6.63. The molecule has 0 aliphatic rings. The first-order chi connectivity index (χ1) is 12.9. The zero-order valence-electron chi connectivity index (χ0n) is 14.5. The number of nitrogens with one attached hydrogen (secondary N) is 1. The summed E-state index contributed by atoms with van der Waals surface area (Å²) in [5, 5.41) is 23.0. The molecule has 0 fully saturated rings. The number of amides is 1. The third-order valence-corrected chi connectivity index (χ3v) is 4.63. The van der Waals surface area contributed by atoms with Crippen LogP contribution in [0.3, 0.4) is 0 Å². The lowest BCUT2D eigenvalue weighted by molar-refractivity contribution is -0.612. The molecule has 0 spiro atoms. The number of carbonyl (C=O) groups is 1. The molecule has 9 nitrogen and oxygen atoms in total. The predicted molar refractivity (Wildman–Crippen MR) is 99.3 cm³/mol. The number of aromatic nitrogens is 4. The third-order valence-electron chi connectivity index (χ3n) is 3.63. The van der Waals surface area contributed by atoms with Gasteiger partial charge in [0.2, 0.25) is 5.13 Å². The van der Waals surface area contributed by atoms with Crippen LogP contribution < -0.4 is 19.5 Å². The molecule has 1 amide bonds. The number of rotatable bonds is 5. The Labute approximate surface area is 163 Å². The second kappa shape index (κ2) is 7.72. The van der Waals surface area contributed by atoms with E-state index in [-0.39, 0.29) is 15.8 Å². The van der Waals surface area contributed by atoms with Gasteiger partial charge in [-0.05, 0) is 17.4 Å². The minimum Gasteiger partial charge on any atom is -0.618 e. The molecule has 140 valence electrons. The molecule has 0 aliphatic heterocycles. The molecule has 3 aromatic rings. The number of hydrogen-bond donors (Lipinski definition) is 1. The van der Waals surface area contributed by atoms with Gasteiger partial charge in [0.1, 0.15) is 16.5 Å². The highest BCUT2D eigenvalue weighted by atomic mass is 35.5. The van der Waals surface area contributed by atoms with E-state index < -0.39 is 5.91 Å². The molecule has 0 aliphatic carbocycles. The summed E-state index contributed by atoms with van der Waals surface area (Å²) < 4.78 is 10.9. The Hall–Kier alpha value is -2.98.